The van der Waals surface area contributed by atoms with Crippen LogP contribution in [0.25, 0.3) is 5.70 Å². The standard InChI is InChI=1S/C28H26ClN5O3/c1-33(2)19-9-5-16(6-10-19)26-24-25(32-28-30-15-31-34(26)28)20-14-18(29)8-12-21(20)37-27(24)17-7-11-22(35-3)23(13-17)36-4/h5-15,26-27H,1-4H3,(H,30,31,32)/t26-,27+/m0/s1. The van der Waals surface area contributed by atoms with Gasteiger partial charge in [0.05, 0.1) is 19.9 Å². The van der Waals surface area contributed by atoms with E-state index in [1.165, 1.54) is 0 Å². The molecule has 0 bridgehead atoms. The third kappa shape index (κ3) is 3.84. The molecule has 3 aromatic carbocycles. The molecule has 4 aromatic rings. The second kappa shape index (κ2) is 9.05. The molecule has 2 aliphatic rings. The summed E-state index contributed by atoms with van der Waals surface area (Å²) in [5, 5.41) is 8.73. The van der Waals surface area contributed by atoms with Crippen molar-refractivity contribution in [1.29, 1.82) is 0 Å². The molecule has 3 heterocycles. The Kier molecular flexibility index (Phi) is 5.68. The number of fused-ring (bicyclic) bond motifs is 3. The molecular formula is C28H26ClN5O3. The van der Waals surface area contributed by atoms with E-state index in [-0.39, 0.29) is 6.04 Å². The highest BCUT2D eigenvalue weighted by Crippen LogP contribution is 2.51. The monoisotopic (exact) mass is 515 g/mol. The van der Waals surface area contributed by atoms with Crippen LogP contribution in [0.4, 0.5) is 11.6 Å². The van der Waals surface area contributed by atoms with Crippen molar-refractivity contribution in [2.24, 2.45) is 0 Å². The van der Waals surface area contributed by atoms with Crippen molar-refractivity contribution in [3.05, 3.63) is 94.3 Å². The highest BCUT2D eigenvalue weighted by atomic mass is 35.5. The van der Waals surface area contributed by atoms with E-state index in [1.54, 1.807) is 20.5 Å². The Morgan fingerprint density at radius 1 is 0.946 bits per heavy atom. The summed E-state index contributed by atoms with van der Waals surface area (Å²) >= 11 is 6.44. The lowest BCUT2D eigenvalue weighted by molar-refractivity contribution is 0.222. The van der Waals surface area contributed by atoms with Gasteiger partial charge in [-0.2, -0.15) is 10.1 Å². The molecule has 0 fully saturated rings. The largest absolute Gasteiger partial charge is 0.493 e. The predicted molar refractivity (Wildman–Crippen MR) is 144 cm³/mol. The number of hydrogen-bond donors (Lipinski definition) is 1. The molecule has 0 aliphatic carbocycles. The molecule has 1 N–H and O–H groups in total. The summed E-state index contributed by atoms with van der Waals surface area (Å²) in [5.74, 6) is 2.66. The van der Waals surface area contributed by atoms with Crippen LogP contribution in [0.15, 0.2) is 72.6 Å². The Morgan fingerprint density at radius 2 is 1.70 bits per heavy atom. The molecule has 0 spiro atoms. The first-order valence-corrected chi connectivity index (χ1v) is 12.2. The van der Waals surface area contributed by atoms with E-state index in [9.17, 15) is 0 Å². The zero-order chi connectivity index (χ0) is 25.7. The van der Waals surface area contributed by atoms with Crippen molar-refractivity contribution >= 4 is 28.9 Å². The molecule has 2 atom stereocenters. The highest BCUT2D eigenvalue weighted by Gasteiger charge is 2.41. The number of ether oxygens (including phenoxy) is 3. The van der Waals surface area contributed by atoms with Gasteiger partial charge in [0.25, 0.3) is 0 Å². The number of anilines is 2. The van der Waals surface area contributed by atoms with Crippen LogP contribution in [0.3, 0.4) is 0 Å². The van der Waals surface area contributed by atoms with Crippen molar-refractivity contribution in [2.45, 2.75) is 12.1 Å². The van der Waals surface area contributed by atoms with E-state index < -0.39 is 6.10 Å². The van der Waals surface area contributed by atoms with Crippen LogP contribution in [-0.2, 0) is 0 Å². The normalized spacial score (nSPS) is 17.6. The number of nitrogens with zero attached hydrogens (tertiary/aromatic N) is 4. The smallest absolute Gasteiger partial charge is 0.226 e. The second-order valence-corrected chi connectivity index (χ2v) is 9.56. The van der Waals surface area contributed by atoms with E-state index in [0.717, 1.165) is 39.4 Å². The Balaban J connectivity index is 1.59. The van der Waals surface area contributed by atoms with Gasteiger partial charge in [0.1, 0.15) is 24.2 Å². The molecule has 9 heteroatoms. The van der Waals surface area contributed by atoms with E-state index >= 15 is 0 Å². The van der Waals surface area contributed by atoms with Gasteiger partial charge in [-0.3, -0.25) is 0 Å². The summed E-state index contributed by atoms with van der Waals surface area (Å²) in [7, 11) is 7.31. The summed E-state index contributed by atoms with van der Waals surface area (Å²) < 4.78 is 19.7. The summed E-state index contributed by atoms with van der Waals surface area (Å²) in [5.41, 5.74) is 5.88. The van der Waals surface area contributed by atoms with Gasteiger partial charge in [-0.1, -0.05) is 29.8 Å². The number of methoxy groups -OCH3 is 2. The second-order valence-electron chi connectivity index (χ2n) is 9.12. The maximum Gasteiger partial charge on any atom is 0.226 e. The third-order valence-electron chi connectivity index (χ3n) is 6.81. The van der Waals surface area contributed by atoms with Crippen LogP contribution in [0.5, 0.6) is 17.2 Å². The average Bonchev–Trinajstić information content (AvgIpc) is 3.39. The highest BCUT2D eigenvalue weighted by molar-refractivity contribution is 6.30. The summed E-state index contributed by atoms with van der Waals surface area (Å²) in [4.78, 5) is 6.58. The van der Waals surface area contributed by atoms with Gasteiger partial charge in [0, 0.05) is 41.5 Å². The molecule has 188 valence electrons. The molecule has 0 saturated heterocycles. The zero-order valence-corrected chi connectivity index (χ0v) is 21.7. The maximum atomic E-state index is 6.70. The van der Waals surface area contributed by atoms with Crippen molar-refractivity contribution in [3.63, 3.8) is 0 Å². The van der Waals surface area contributed by atoms with Gasteiger partial charge in [0.15, 0.2) is 11.5 Å². The SMILES string of the molecule is COc1ccc([C@H]2Oc3ccc(Cl)cc3C3=C2[C@H](c2ccc(N(C)C)cc2)n2ncnc2N3)cc1OC. The number of nitrogens with one attached hydrogen (secondary N) is 1. The van der Waals surface area contributed by atoms with Gasteiger partial charge in [-0.15, -0.1) is 0 Å². The van der Waals surface area contributed by atoms with Gasteiger partial charge < -0.3 is 24.4 Å². The summed E-state index contributed by atoms with van der Waals surface area (Å²) in [6.07, 6.45) is 1.12. The van der Waals surface area contributed by atoms with Gasteiger partial charge in [-0.25, -0.2) is 4.68 Å². The van der Waals surface area contributed by atoms with E-state index in [4.69, 9.17) is 25.8 Å². The minimum atomic E-state index is -0.438. The fourth-order valence-electron chi connectivity index (χ4n) is 5.01. The number of halogens is 1. The number of aromatic nitrogens is 3. The summed E-state index contributed by atoms with van der Waals surface area (Å²) in [6, 6.07) is 19.7. The Morgan fingerprint density at radius 3 is 2.43 bits per heavy atom. The predicted octanol–water partition coefficient (Wildman–Crippen LogP) is 5.57. The Labute approximate surface area is 220 Å². The summed E-state index contributed by atoms with van der Waals surface area (Å²) in [6.45, 7) is 0. The molecule has 0 radical (unpaired) electrons. The first kappa shape index (κ1) is 23.2. The topological polar surface area (TPSA) is 73.7 Å². The molecule has 0 saturated carbocycles. The Bertz CT molecular complexity index is 1510. The fourth-order valence-corrected chi connectivity index (χ4v) is 5.18. The average molecular weight is 516 g/mol. The van der Waals surface area contributed by atoms with Crippen molar-refractivity contribution in [1.82, 2.24) is 14.8 Å². The van der Waals surface area contributed by atoms with E-state index in [0.29, 0.717) is 22.5 Å². The lowest BCUT2D eigenvalue weighted by atomic mass is 9.84. The third-order valence-corrected chi connectivity index (χ3v) is 7.05. The first-order chi connectivity index (χ1) is 18.0. The van der Waals surface area contributed by atoms with Crippen molar-refractivity contribution < 1.29 is 14.2 Å². The molecule has 0 unspecified atom stereocenters. The molecule has 0 amide bonds. The molecule has 1 aromatic heterocycles. The minimum absolute atomic E-state index is 0.268. The number of hydrogen-bond acceptors (Lipinski definition) is 7. The van der Waals surface area contributed by atoms with E-state index in [1.807, 2.05) is 55.2 Å². The quantitative estimate of drug-likeness (QED) is 0.372. The molecule has 2 aliphatic heterocycles. The van der Waals surface area contributed by atoms with Crippen molar-refractivity contribution in [3.8, 4) is 17.2 Å². The van der Waals surface area contributed by atoms with Crippen LogP contribution in [0.1, 0.15) is 28.8 Å². The molecule has 37 heavy (non-hydrogen) atoms. The lowest BCUT2D eigenvalue weighted by Crippen LogP contribution is -2.32. The fraction of sp³-hybridized carbons (Fsp3) is 0.214. The minimum Gasteiger partial charge on any atom is -0.493 e. The molecule has 6 rings (SSSR count). The Hall–Kier alpha value is -4.17. The van der Waals surface area contributed by atoms with E-state index in [2.05, 4.69) is 44.6 Å². The number of rotatable bonds is 5. The molecule has 8 nitrogen and oxygen atoms in total. The number of benzene rings is 3. The van der Waals surface area contributed by atoms with Gasteiger partial charge >= 0.3 is 0 Å². The first-order valence-electron chi connectivity index (χ1n) is 11.8. The van der Waals surface area contributed by atoms with Crippen LogP contribution in [-0.4, -0.2) is 43.1 Å². The maximum absolute atomic E-state index is 6.70. The molecular weight excluding hydrogens is 490 g/mol. The van der Waals surface area contributed by atoms with Gasteiger partial charge in [-0.05, 0) is 48.0 Å². The van der Waals surface area contributed by atoms with Crippen LogP contribution in [0, 0.1) is 0 Å². The van der Waals surface area contributed by atoms with Crippen molar-refractivity contribution in [2.75, 3.05) is 38.5 Å². The zero-order valence-electron chi connectivity index (χ0n) is 20.9. The van der Waals surface area contributed by atoms with Crippen LogP contribution < -0.4 is 24.4 Å². The van der Waals surface area contributed by atoms with Gasteiger partial charge in [0.2, 0.25) is 5.95 Å². The lowest BCUT2D eigenvalue weighted by Gasteiger charge is -2.39. The van der Waals surface area contributed by atoms with Crippen LogP contribution >= 0.6 is 11.6 Å². The van der Waals surface area contributed by atoms with Crippen LogP contribution in [0.2, 0.25) is 5.02 Å².